The SMILES string of the molecule is C/C(F)=C\[N+](=O)[O-]. The summed E-state index contributed by atoms with van der Waals surface area (Å²) in [5, 5.41) is 9.30. The van der Waals surface area contributed by atoms with Crippen LogP contribution in [0.25, 0.3) is 0 Å². The van der Waals surface area contributed by atoms with Gasteiger partial charge in [-0.3, -0.25) is 10.1 Å². The highest BCUT2D eigenvalue weighted by molar-refractivity contribution is 4.76. The van der Waals surface area contributed by atoms with Crippen molar-refractivity contribution in [3.05, 3.63) is 22.1 Å². The topological polar surface area (TPSA) is 43.1 Å². The molecule has 0 aliphatic rings. The van der Waals surface area contributed by atoms with E-state index in [0.29, 0.717) is 6.20 Å². The molecule has 40 valence electrons. The van der Waals surface area contributed by atoms with E-state index in [4.69, 9.17) is 0 Å². The minimum atomic E-state index is -0.838. The van der Waals surface area contributed by atoms with Gasteiger partial charge in [-0.15, -0.1) is 0 Å². The highest BCUT2D eigenvalue weighted by Crippen LogP contribution is 1.89. The zero-order valence-corrected chi connectivity index (χ0v) is 3.72. The molecule has 0 N–H and O–H groups in total. The van der Waals surface area contributed by atoms with Crippen molar-refractivity contribution in [1.82, 2.24) is 0 Å². The maximum Gasteiger partial charge on any atom is 0.265 e. The van der Waals surface area contributed by atoms with E-state index in [9.17, 15) is 14.5 Å². The van der Waals surface area contributed by atoms with Crippen LogP contribution in [0.15, 0.2) is 12.0 Å². The molecule has 0 aromatic heterocycles. The number of hydrogen-bond donors (Lipinski definition) is 0. The van der Waals surface area contributed by atoms with Gasteiger partial charge in [-0.25, -0.2) is 4.39 Å². The molecule has 0 spiro atoms. The van der Waals surface area contributed by atoms with E-state index < -0.39 is 10.8 Å². The Morgan fingerprint density at radius 1 is 2.00 bits per heavy atom. The summed E-state index contributed by atoms with van der Waals surface area (Å²) in [6, 6.07) is 0. The fourth-order valence-corrected chi connectivity index (χ4v) is 0.145. The first-order chi connectivity index (χ1) is 3.13. The van der Waals surface area contributed by atoms with E-state index >= 15 is 0 Å². The summed E-state index contributed by atoms with van der Waals surface area (Å²) in [5.41, 5.74) is 0. The van der Waals surface area contributed by atoms with Gasteiger partial charge in [-0.05, 0) is 6.92 Å². The first-order valence-corrected chi connectivity index (χ1v) is 1.60. The zero-order chi connectivity index (χ0) is 5.86. The van der Waals surface area contributed by atoms with Gasteiger partial charge in [0.25, 0.3) is 6.20 Å². The predicted octanol–water partition coefficient (Wildman–Crippen LogP) is 1.09. The first kappa shape index (κ1) is 6.07. The Balaban J connectivity index is 3.68. The average Bonchev–Trinajstić information content (AvgIpc) is 1.27. The van der Waals surface area contributed by atoms with Gasteiger partial charge in [0.15, 0.2) is 5.83 Å². The Morgan fingerprint density at radius 2 is 2.43 bits per heavy atom. The summed E-state index contributed by atoms with van der Waals surface area (Å²) in [6.45, 7) is 1.02. The van der Waals surface area contributed by atoms with Gasteiger partial charge in [0.1, 0.15) is 0 Å². The van der Waals surface area contributed by atoms with Crippen molar-refractivity contribution in [3.8, 4) is 0 Å². The molecule has 0 bridgehead atoms. The third kappa shape index (κ3) is 5.07. The number of halogens is 1. The predicted molar refractivity (Wildman–Crippen MR) is 21.9 cm³/mol. The van der Waals surface area contributed by atoms with E-state index in [1.165, 1.54) is 0 Å². The van der Waals surface area contributed by atoms with E-state index in [0.717, 1.165) is 6.92 Å². The van der Waals surface area contributed by atoms with Gasteiger partial charge in [0.2, 0.25) is 0 Å². The molecule has 0 fully saturated rings. The minimum Gasteiger partial charge on any atom is -0.259 e. The maximum atomic E-state index is 11.4. The highest BCUT2D eigenvalue weighted by atomic mass is 19.1. The van der Waals surface area contributed by atoms with Crippen molar-refractivity contribution in [2.24, 2.45) is 0 Å². The van der Waals surface area contributed by atoms with Crippen molar-refractivity contribution in [2.75, 3.05) is 0 Å². The molecule has 0 aliphatic heterocycles. The molecule has 7 heavy (non-hydrogen) atoms. The fraction of sp³-hybridized carbons (Fsp3) is 0.333. The first-order valence-electron chi connectivity index (χ1n) is 1.60. The number of hydrogen-bond acceptors (Lipinski definition) is 2. The Kier molecular flexibility index (Phi) is 1.98. The summed E-state index contributed by atoms with van der Waals surface area (Å²) in [5.74, 6) is -0.787. The second-order valence-corrected chi connectivity index (χ2v) is 1.00. The zero-order valence-electron chi connectivity index (χ0n) is 3.72. The summed E-state index contributed by atoms with van der Waals surface area (Å²) >= 11 is 0. The molecule has 0 saturated heterocycles. The van der Waals surface area contributed by atoms with Crippen molar-refractivity contribution in [2.45, 2.75) is 6.92 Å². The van der Waals surface area contributed by atoms with E-state index in [1.807, 2.05) is 0 Å². The van der Waals surface area contributed by atoms with Crippen molar-refractivity contribution >= 4 is 0 Å². The van der Waals surface area contributed by atoms with Gasteiger partial charge in [0.05, 0.1) is 4.92 Å². The summed E-state index contributed by atoms with van der Waals surface area (Å²) < 4.78 is 11.4. The third-order valence-corrected chi connectivity index (χ3v) is 0.283. The molecule has 0 unspecified atom stereocenters. The molecule has 0 saturated carbocycles. The Hall–Kier alpha value is -0.930. The molecule has 4 heteroatoms. The fourth-order valence-electron chi connectivity index (χ4n) is 0.145. The second kappa shape index (κ2) is 2.28. The normalized spacial score (nSPS) is 11.4. The molecule has 0 heterocycles. The van der Waals surface area contributed by atoms with Gasteiger partial charge in [-0.2, -0.15) is 0 Å². The molecule has 0 aliphatic carbocycles. The Bertz CT molecular complexity index is 106. The second-order valence-electron chi connectivity index (χ2n) is 1.00. The van der Waals surface area contributed by atoms with Gasteiger partial charge < -0.3 is 0 Å². The molecule has 0 atom stereocenters. The van der Waals surface area contributed by atoms with Crippen LogP contribution in [0.2, 0.25) is 0 Å². The van der Waals surface area contributed by atoms with Crippen LogP contribution in [0.1, 0.15) is 6.92 Å². The van der Waals surface area contributed by atoms with Crippen molar-refractivity contribution in [1.29, 1.82) is 0 Å². The lowest BCUT2D eigenvalue weighted by Crippen LogP contribution is -1.82. The lowest BCUT2D eigenvalue weighted by molar-refractivity contribution is -0.404. The number of allylic oxidation sites excluding steroid dienone is 1. The molecular formula is C3H4FNO2. The lowest BCUT2D eigenvalue weighted by atomic mass is 10.7. The van der Waals surface area contributed by atoms with E-state index in [2.05, 4.69) is 0 Å². The Morgan fingerprint density at radius 3 is 2.43 bits per heavy atom. The van der Waals surface area contributed by atoms with Crippen LogP contribution >= 0.6 is 0 Å². The molecular weight excluding hydrogens is 101 g/mol. The van der Waals surface area contributed by atoms with Crippen LogP contribution in [0.4, 0.5) is 4.39 Å². The van der Waals surface area contributed by atoms with Crippen LogP contribution in [-0.2, 0) is 0 Å². The largest absolute Gasteiger partial charge is 0.265 e. The highest BCUT2D eigenvalue weighted by Gasteiger charge is 1.88. The molecule has 0 aromatic rings. The van der Waals surface area contributed by atoms with Crippen LogP contribution in [0, 0.1) is 10.1 Å². The van der Waals surface area contributed by atoms with Crippen LogP contribution in [0.5, 0.6) is 0 Å². The summed E-state index contributed by atoms with van der Waals surface area (Å²) in [7, 11) is 0. The molecule has 0 amide bonds. The van der Waals surface area contributed by atoms with E-state index in [1.54, 1.807) is 0 Å². The van der Waals surface area contributed by atoms with Gasteiger partial charge >= 0.3 is 0 Å². The minimum absolute atomic E-state index is 0.306. The number of nitro groups is 1. The van der Waals surface area contributed by atoms with Crippen molar-refractivity contribution < 1.29 is 9.31 Å². The average molecular weight is 105 g/mol. The summed E-state index contributed by atoms with van der Waals surface area (Å²) in [4.78, 5) is 8.46. The standard InChI is InChI=1S/C3H4FNO2/c1-3(4)2-5(6)7/h2H,1H3/b3-2+. The van der Waals surface area contributed by atoms with Crippen molar-refractivity contribution in [3.63, 3.8) is 0 Å². The summed E-state index contributed by atoms with van der Waals surface area (Å²) in [6.07, 6.45) is 0.306. The molecule has 0 aromatic carbocycles. The third-order valence-electron chi connectivity index (χ3n) is 0.283. The van der Waals surface area contributed by atoms with E-state index in [-0.39, 0.29) is 0 Å². The number of rotatable bonds is 1. The Labute approximate surface area is 39.6 Å². The maximum absolute atomic E-state index is 11.4. The smallest absolute Gasteiger partial charge is 0.259 e. The molecule has 0 rings (SSSR count). The van der Waals surface area contributed by atoms with Crippen LogP contribution < -0.4 is 0 Å². The molecule has 3 nitrogen and oxygen atoms in total. The van der Waals surface area contributed by atoms with Crippen LogP contribution in [0.3, 0.4) is 0 Å². The van der Waals surface area contributed by atoms with Gasteiger partial charge in [-0.1, -0.05) is 0 Å². The quantitative estimate of drug-likeness (QED) is 0.370. The lowest BCUT2D eigenvalue weighted by Gasteiger charge is -1.74. The monoisotopic (exact) mass is 105 g/mol. The number of nitrogens with zero attached hydrogens (tertiary/aromatic N) is 1. The molecule has 0 radical (unpaired) electrons. The van der Waals surface area contributed by atoms with Gasteiger partial charge in [0, 0.05) is 0 Å². The van der Waals surface area contributed by atoms with Crippen LogP contribution in [-0.4, -0.2) is 4.92 Å².